The molecule has 0 aliphatic carbocycles. The number of rotatable bonds is 7. The molecule has 0 saturated carbocycles. The molecule has 0 heterocycles. The minimum absolute atomic E-state index is 0.0602. The second kappa shape index (κ2) is 9.32. The minimum atomic E-state index is -0.0602. The van der Waals surface area contributed by atoms with Gasteiger partial charge in [-0.15, -0.1) is 0 Å². The summed E-state index contributed by atoms with van der Waals surface area (Å²) in [7, 11) is 1.69. The SMILES string of the molecule is COc1ccc(Cc2ccc(Oc3ccc(C(C)(C)c4ccc(C)cc4)cc3)cc2)cc1. The van der Waals surface area contributed by atoms with E-state index < -0.39 is 0 Å². The molecule has 32 heavy (non-hydrogen) atoms. The molecule has 4 rings (SSSR count). The highest BCUT2D eigenvalue weighted by Gasteiger charge is 2.22. The fraction of sp³-hybridized carbons (Fsp3) is 0.200. The van der Waals surface area contributed by atoms with Crippen LogP contribution in [0.15, 0.2) is 97.1 Å². The topological polar surface area (TPSA) is 18.5 Å². The van der Waals surface area contributed by atoms with Crippen LogP contribution in [-0.4, -0.2) is 7.11 Å². The zero-order valence-corrected chi connectivity index (χ0v) is 19.3. The summed E-state index contributed by atoms with van der Waals surface area (Å²) >= 11 is 0. The van der Waals surface area contributed by atoms with Gasteiger partial charge in [0.15, 0.2) is 0 Å². The van der Waals surface area contributed by atoms with Gasteiger partial charge in [0.05, 0.1) is 7.11 Å². The van der Waals surface area contributed by atoms with Gasteiger partial charge in [-0.3, -0.25) is 0 Å². The first-order valence-corrected chi connectivity index (χ1v) is 11.0. The van der Waals surface area contributed by atoms with Crippen LogP contribution in [0.3, 0.4) is 0 Å². The van der Waals surface area contributed by atoms with Gasteiger partial charge in [-0.05, 0) is 72.0 Å². The van der Waals surface area contributed by atoms with Gasteiger partial charge in [-0.2, -0.15) is 0 Å². The first kappa shape index (κ1) is 21.7. The molecule has 0 amide bonds. The second-order valence-electron chi connectivity index (χ2n) is 8.79. The predicted octanol–water partition coefficient (Wildman–Crippen LogP) is 7.71. The van der Waals surface area contributed by atoms with Gasteiger partial charge in [0.2, 0.25) is 0 Å². The highest BCUT2D eigenvalue weighted by atomic mass is 16.5. The summed E-state index contributed by atoms with van der Waals surface area (Å²) in [6.45, 7) is 6.64. The molecule has 0 unspecified atom stereocenters. The lowest BCUT2D eigenvalue weighted by atomic mass is 9.78. The van der Waals surface area contributed by atoms with Crippen LogP contribution >= 0.6 is 0 Å². The summed E-state index contributed by atoms with van der Waals surface area (Å²) in [5, 5.41) is 0. The predicted molar refractivity (Wildman–Crippen MR) is 132 cm³/mol. The quantitative estimate of drug-likeness (QED) is 0.304. The summed E-state index contributed by atoms with van der Waals surface area (Å²) in [6, 6.07) is 33.7. The Morgan fingerprint density at radius 3 is 1.44 bits per heavy atom. The van der Waals surface area contributed by atoms with Crippen molar-refractivity contribution in [3.8, 4) is 17.2 Å². The highest BCUT2D eigenvalue weighted by molar-refractivity contribution is 5.42. The van der Waals surface area contributed by atoms with Crippen LogP contribution in [-0.2, 0) is 11.8 Å². The fourth-order valence-corrected chi connectivity index (χ4v) is 3.87. The van der Waals surface area contributed by atoms with Crippen LogP contribution in [0.25, 0.3) is 0 Å². The van der Waals surface area contributed by atoms with E-state index in [0.717, 1.165) is 23.7 Å². The van der Waals surface area contributed by atoms with Crippen LogP contribution in [0, 0.1) is 6.92 Å². The van der Waals surface area contributed by atoms with Crippen LogP contribution in [0.1, 0.15) is 41.7 Å². The molecule has 0 saturated heterocycles. The Morgan fingerprint density at radius 2 is 0.969 bits per heavy atom. The van der Waals surface area contributed by atoms with Crippen molar-refractivity contribution >= 4 is 0 Å². The van der Waals surface area contributed by atoms with E-state index in [0.29, 0.717) is 0 Å². The van der Waals surface area contributed by atoms with Gasteiger partial charge >= 0.3 is 0 Å². The van der Waals surface area contributed by atoms with E-state index in [4.69, 9.17) is 9.47 Å². The Kier molecular flexibility index (Phi) is 6.32. The highest BCUT2D eigenvalue weighted by Crippen LogP contribution is 2.33. The van der Waals surface area contributed by atoms with Crippen molar-refractivity contribution in [1.82, 2.24) is 0 Å². The molecule has 4 aromatic carbocycles. The van der Waals surface area contributed by atoms with Crippen LogP contribution in [0.4, 0.5) is 0 Å². The van der Waals surface area contributed by atoms with Gasteiger partial charge in [-0.1, -0.05) is 80.1 Å². The molecule has 0 aliphatic rings. The number of ether oxygens (including phenoxy) is 2. The van der Waals surface area contributed by atoms with E-state index in [1.54, 1.807) is 7.11 Å². The molecule has 4 aromatic rings. The molecule has 0 aliphatic heterocycles. The Bertz CT molecular complexity index is 1140. The third-order valence-corrected chi connectivity index (χ3v) is 6.08. The van der Waals surface area contributed by atoms with Crippen molar-refractivity contribution < 1.29 is 9.47 Å². The minimum Gasteiger partial charge on any atom is -0.497 e. The Labute approximate surface area is 191 Å². The maximum atomic E-state index is 6.09. The molecule has 0 radical (unpaired) electrons. The third-order valence-electron chi connectivity index (χ3n) is 6.08. The zero-order chi connectivity index (χ0) is 22.6. The monoisotopic (exact) mass is 422 g/mol. The molecular weight excluding hydrogens is 392 g/mol. The summed E-state index contributed by atoms with van der Waals surface area (Å²) in [5.74, 6) is 2.57. The smallest absolute Gasteiger partial charge is 0.127 e. The molecule has 162 valence electrons. The summed E-state index contributed by atoms with van der Waals surface area (Å²) in [4.78, 5) is 0. The largest absolute Gasteiger partial charge is 0.497 e. The number of aryl methyl sites for hydroxylation is 1. The van der Waals surface area contributed by atoms with Crippen LogP contribution in [0.5, 0.6) is 17.2 Å². The van der Waals surface area contributed by atoms with Gasteiger partial charge in [0, 0.05) is 5.41 Å². The van der Waals surface area contributed by atoms with Crippen molar-refractivity contribution in [2.24, 2.45) is 0 Å². The Balaban J connectivity index is 1.41. The Hall–Kier alpha value is -3.52. The van der Waals surface area contributed by atoms with E-state index in [1.165, 1.54) is 27.8 Å². The summed E-state index contributed by atoms with van der Waals surface area (Å²) in [6.07, 6.45) is 0.882. The Morgan fingerprint density at radius 1 is 0.562 bits per heavy atom. The maximum absolute atomic E-state index is 6.09. The second-order valence-corrected chi connectivity index (χ2v) is 8.79. The van der Waals surface area contributed by atoms with E-state index in [-0.39, 0.29) is 5.41 Å². The van der Waals surface area contributed by atoms with Crippen molar-refractivity contribution in [2.75, 3.05) is 7.11 Å². The van der Waals surface area contributed by atoms with E-state index in [9.17, 15) is 0 Å². The van der Waals surface area contributed by atoms with Gasteiger partial charge in [0.25, 0.3) is 0 Å². The number of methoxy groups -OCH3 is 1. The molecule has 0 aromatic heterocycles. The average molecular weight is 423 g/mol. The molecular formula is C30H30O2. The zero-order valence-electron chi connectivity index (χ0n) is 19.3. The van der Waals surface area contributed by atoms with Gasteiger partial charge in [0.1, 0.15) is 17.2 Å². The summed E-state index contributed by atoms with van der Waals surface area (Å²) in [5.41, 5.74) is 6.30. The lowest BCUT2D eigenvalue weighted by molar-refractivity contribution is 0.414. The molecule has 2 nitrogen and oxygen atoms in total. The first-order valence-electron chi connectivity index (χ1n) is 11.0. The molecule has 0 fully saturated rings. The lowest BCUT2D eigenvalue weighted by Gasteiger charge is -2.26. The fourth-order valence-electron chi connectivity index (χ4n) is 3.87. The molecule has 0 atom stereocenters. The van der Waals surface area contributed by atoms with E-state index >= 15 is 0 Å². The molecule has 2 heteroatoms. The normalized spacial score (nSPS) is 11.2. The van der Waals surface area contributed by atoms with Crippen LogP contribution < -0.4 is 9.47 Å². The number of hydrogen-bond acceptors (Lipinski definition) is 2. The van der Waals surface area contributed by atoms with E-state index in [1.807, 2.05) is 24.3 Å². The molecule has 0 spiro atoms. The number of hydrogen-bond donors (Lipinski definition) is 0. The van der Waals surface area contributed by atoms with Crippen molar-refractivity contribution in [1.29, 1.82) is 0 Å². The number of benzene rings is 4. The van der Waals surface area contributed by atoms with Crippen molar-refractivity contribution in [3.63, 3.8) is 0 Å². The van der Waals surface area contributed by atoms with Gasteiger partial charge < -0.3 is 9.47 Å². The standard InChI is InChI=1S/C30H30O2/c1-22-5-11-25(12-6-22)30(2,3)26-13-19-29(20-14-26)32-28-17-9-24(10-18-28)21-23-7-15-27(31-4)16-8-23/h5-20H,21H2,1-4H3. The summed E-state index contributed by atoms with van der Waals surface area (Å²) < 4.78 is 11.3. The van der Waals surface area contributed by atoms with E-state index in [2.05, 4.69) is 93.6 Å². The maximum Gasteiger partial charge on any atom is 0.127 e. The van der Waals surface area contributed by atoms with Crippen molar-refractivity contribution in [3.05, 3.63) is 125 Å². The third kappa shape index (κ3) is 5.03. The molecule has 0 bridgehead atoms. The lowest BCUT2D eigenvalue weighted by Crippen LogP contribution is -2.18. The first-order chi connectivity index (χ1) is 15.4. The average Bonchev–Trinajstić information content (AvgIpc) is 2.81. The van der Waals surface area contributed by atoms with Crippen molar-refractivity contribution in [2.45, 2.75) is 32.6 Å². The van der Waals surface area contributed by atoms with Crippen LogP contribution in [0.2, 0.25) is 0 Å². The molecule has 0 N–H and O–H groups in total. The van der Waals surface area contributed by atoms with Gasteiger partial charge in [-0.25, -0.2) is 0 Å².